The fourth-order valence-corrected chi connectivity index (χ4v) is 7.17. The van der Waals surface area contributed by atoms with Crippen molar-refractivity contribution in [1.29, 1.82) is 0 Å². The number of carbonyl (C=O) groups is 2. The van der Waals surface area contributed by atoms with Gasteiger partial charge in [0.25, 0.3) is 0 Å². The molecule has 0 amide bonds. The number of halogens is 1. The Hall–Kier alpha value is -1.27. The van der Waals surface area contributed by atoms with Crippen LogP contribution in [0.2, 0.25) is 29.0 Å². The monoisotopic (exact) mass is 490 g/mol. The summed E-state index contributed by atoms with van der Waals surface area (Å²) < 4.78 is 16.6. The van der Waals surface area contributed by atoms with Gasteiger partial charge in [0.15, 0.2) is 0 Å². The number of ether oxygens (including phenoxy) is 2. The number of carbonyl (C=O) groups excluding carboxylic acids is 2. The van der Waals surface area contributed by atoms with E-state index in [1.165, 1.54) is 7.11 Å². The van der Waals surface area contributed by atoms with Crippen molar-refractivity contribution in [2.45, 2.75) is 43.7 Å². The third-order valence-electron chi connectivity index (χ3n) is 4.23. The van der Waals surface area contributed by atoms with Crippen LogP contribution in [0.3, 0.4) is 0 Å². The van der Waals surface area contributed by atoms with Gasteiger partial charge in [-0.25, -0.2) is 0 Å². The van der Waals surface area contributed by atoms with Gasteiger partial charge in [-0.15, -0.1) is 0 Å². The van der Waals surface area contributed by atoms with Crippen LogP contribution < -0.4 is 4.46 Å². The van der Waals surface area contributed by atoms with E-state index in [2.05, 4.69) is 19.6 Å². The van der Waals surface area contributed by atoms with Crippen LogP contribution >= 0.6 is 11.6 Å². The zero-order valence-electron chi connectivity index (χ0n) is 16.9. The number of esters is 2. The molecule has 2 atom stereocenters. The predicted octanol–water partition coefficient (Wildman–Crippen LogP) is 3.71. The van der Waals surface area contributed by atoms with Crippen LogP contribution in [0.5, 0.6) is 0 Å². The summed E-state index contributed by atoms with van der Waals surface area (Å²) in [5.41, 5.74) is 0. The summed E-state index contributed by atoms with van der Waals surface area (Å²) in [4.78, 5) is 25.8. The van der Waals surface area contributed by atoms with Gasteiger partial charge in [-0.2, -0.15) is 0 Å². The zero-order chi connectivity index (χ0) is 20.9. The average molecular weight is 490 g/mol. The first-order valence-electron chi connectivity index (χ1n) is 9.19. The molecule has 0 saturated heterocycles. The summed E-state index contributed by atoms with van der Waals surface area (Å²) in [5, 5.41) is 0.625. The number of allylic oxidation sites excluding steroid dienone is 2. The quantitative estimate of drug-likeness (QED) is 0.431. The molecule has 1 aromatic carbocycles. The van der Waals surface area contributed by atoms with E-state index in [0.29, 0.717) is 17.9 Å². The molecule has 154 valence electrons. The number of rotatable bonds is 7. The second-order valence-corrected chi connectivity index (χ2v) is 15.4. The van der Waals surface area contributed by atoms with Gasteiger partial charge in [-0.05, 0) is 0 Å². The molecule has 0 bridgehead atoms. The van der Waals surface area contributed by atoms with E-state index in [1.54, 1.807) is 19.1 Å². The Morgan fingerprint density at radius 1 is 1.25 bits per heavy atom. The molecule has 0 N–H and O–H groups in total. The third-order valence-corrected chi connectivity index (χ3v) is 8.44. The number of hydrogen-bond acceptors (Lipinski definition) is 5. The topological polar surface area (TPSA) is 61.8 Å². The molecule has 8 heteroatoms. The van der Waals surface area contributed by atoms with Gasteiger partial charge < -0.3 is 0 Å². The van der Waals surface area contributed by atoms with E-state index < -0.39 is 24.5 Å². The van der Waals surface area contributed by atoms with E-state index >= 15 is 0 Å². The molecule has 2 rings (SSSR count). The van der Waals surface area contributed by atoms with Crippen molar-refractivity contribution in [1.82, 2.24) is 0 Å². The van der Waals surface area contributed by atoms with E-state index in [4.69, 9.17) is 25.5 Å². The number of hydrogen-bond donors (Lipinski definition) is 0. The molecule has 0 aliphatic heterocycles. The summed E-state index contributed by atoms with van der Waals surface area (Å²) in [6.07, 6.45) is 2.65. The molecule has 0 saturated carbocycles. The van der Waals surface area contributed by atoms with Crippen molar-refractivity contribution in [2.24, 2.45) is 5.92 Å². The minimum atomic E-state index is -1.86. The summed E-state index contributed by atoms with van der Waals surface area (Å²) in [7, 11) is -0.500. The molecule has 1 aliphatic carbocycles. The SMILES string of the molecule is CCOC(=O)[C@H]1CC=C(O[Si](C)(C)C)C[C@]1([Se]c1ccc(Cl)cc1)C(=O)OC. The molecule has 5 nitrogen and oxygen atoms in total. The Morgan fingerprint density at radius 3 is 2.43 bits per heavy atom. The van der Waals surface area contributed by atoms with Gasteiger partial charge >= 0.3 is 179 Å². The predicted molar refractivity (Wildman–Crippen MR) is 113 cm³/mol. The van der Waals surface area contributed by atoms with E-state index in [9.17, 15) is 9.59 Å². The average Bonchev–Trinajstić information content (AvgIpc) is 2.62. The molecular weight excluding hydrogens is 463 g/mol. The van der Waals surface area contributed by atoms with Gasteiger partial charge in [0.2, 0.25) is 0 Å². The van der Waals surface area contributed by atoms with Crippen LogP contribution in [-0.4, -0.2) is 48.9 Å². The van der Waals surface area contributed by atoms with Gasteiger partial charge in [-0.3, -0.25) is 0 Å². The third kappa shape index (κ3) is 5.63. The standard InChI is InChI=1S/C20H27ClO5SeSi/c1-6-25-18(22)17-12-9-15(26-28(3,4)5)13-20(17,19(23)24-2)27-16-10-7-14(21)8-11-16/h7-11,17H,6,12-13H2,1-5H3/t17-,20-/m1/s1. The van der Waals surface area contributed by atoms with Gasteiger partial charge in [0.1, 0.15) is 0 Å². The maximum atomic E-state index is 13.1. The van der Waals surface area contributed by atoms with Crippen molar-refractivity contribution in [3.05, 3.63) is 41.1 Å². The van der Waals surface area contributed by atoms with Crippen LogP contribution in [0.1, 0.15) is 19.8 Å². The Balaban J connectivity index is 2.49. The molecule has 0 aromatic heterocycles. The summed E-state index contributed by atoms with van der Waals surface area (Å²) in [6.45, 7) is 8.31. The second-order valence-electron chi connectivity index (χ2n) is 7.54. The van der Waals surface area contributed by atoms with Crippen LogP contribution in [0.15, 0.2) is 36.1 Å². The zero-order valence-corrected chi connectivity index (χ0v) is 20.4. The fraction of sp³-hybridized carbons (Fsp3) is 0.500. The fourth-order valence-electron chi connectivity index (χ4n) is 3.14. The Morgan fingerprint density at radius 2 is 1.89 bits per heavy atom. The first kappa shape index (κ1) is 23.0. The first-order chi connectivity index (χ1) is 13.1. The Kier molecular flexibility index (Phi) is 7.79. The van der Waals surface area contributed by atoms with E-state index in [0.717, 1.165) is 10.2 Å². The minimum absolute atomic E-state index is 0.266. The van der Waals surface area contributed by atoms with Crippen molar-refractivity contribution in [3.8, 4) is 0 Å². The van der Waals surface area contributed by atoms with Crippen LogP contribution in [0.25, 0.3) is 0 Å². The van der Waals surface area contributed by atoms with Crippen molar-refractivity contribution in [2.75, 3.05) is 13.7 Å². The van der Waals surface area contributed by atoms with Gasteiger partial charge in [0.05, 0.1) is 0 Å². The molecule has 1 aromatic rings. The Bertz CT molecular complexity index is 744. The molecule has 1 aliphatic rings. The van der Waals surface area contributed by atoms with Crippen molar-refractivity contribution in [3.63, 3.8) is 0 Å². The molecule has 0 heterocycles. The van der Waals surface area contributed by atoms with Gasteiger partial charge in [-0.1, -0.05) is 0 Å². The molecule has 0 fully saturated rings. The molecule has 0 spiro atoms. The van der Waals surface area contributed by atoms with Crippen LogP contribution in [0.4, 0.5) is 0 Å². The van der Waals surface area contributed by atoms with E-state index in [1.807, 2.05) is 18.2 Å². The van der Waals surface area contributed by atoms with Crippen molar-refractivity contribution >= 4 is 51.3 Å². The first-order valence-corrected chi connectivity index (χ1v) is 14.7. The number of methoxy groups -OCH3 is 1. The normalized spacial score (nSPS) is 22.2. The maximum absolute atomic E-state index is 13.1. The van der Waals surface area contributed by atoms with Crippen molar-refractivity contribution < 1.29 is 23.5 Å². The van der Waals surface area contributed by atoms with Crippen LogP contribution in [-0.2, 0) is 23.5 Å². The molecule has 28 heavy (non-hydrogen) atoms. The molecule has 0 unspecified atom stereocenters. The molecule has 0 radical (unpaired) electrons. The molecular formula is C20H27ClO5SeSi. The van der Waals surface area contributed by atoms with Gasteiger partial charge in [0, 0.05) is 0 Å². The van der Waals surface area contributed by atoms with E-state index in [-0.39, 0.29) is 27.5 Å². The summed E-state index contributed by atoms with van der Waals surface area (Å²) >= 11 is 5.63. The van der Waals surface area contributed by atoms with Crippen LogP contribution in [0, 0.1) is 5.92 Å². The number of benzene rings is 1. The summed E-state index contributed by atoms with van der Waals surface area (Å²) in [5.74, 6) is -0.608. The summed E-state index contributed by atoms with van der Waals surface area (Å²) in [6, 6.07) is 7.38. The Labute approximate surface area is 179 Å². The second kappa shape index (κ2) is 9.48.